The smallest absolute Gasteiger partial charge is 0.231 e. The molecule has 1 amide bonds. The predicted octanol–water partition coefficient (Wildman–Crippen LogP) is 2.64. The topological polar surface area (TPSA) is 44.1 Å². The van der Waals surface area contributed by atoms with Crippen molar-refractivity contribution >= 4 is 27.5 Å². The van der Waals surface area contributed by atoms with Gasteiger partial charge in [0.25, 0.3) is 0 Å². The molecule has 1 aromatic carbocycles. The maximum Gasteiger partial charge on any atom is 0.231 e. The molecule has 0 unspecified atom stereocenters. The first-order valence-electron chi connectivity index (χ1n) is 5.64. The van der Waals surface area contributed by atoms with Gasteiger partial charge in [-0.05, 0) is 36.6 Å². The summed E-state index contributed by atoms with van der Waals surface area (Å²) < 4.78 is 0.993. The Labute approximate surface area is 108 Å². The van der Waals surface area contributed by atoms with Crippen LogP contribution in [0.3, 0.4) is 0 Å². The molecule has 4 heteroatoms. The number of amides is 1. The van der Waals surface area contributed by atoms with Crippen molar-refractivity contribution in [1.29, 1.82) is 5.26 Å². The standard InChI is InChI=1S/C13H11BrN2O/c14-10-1-2-11-9(5-10)6-12(17)16(11)8-13(7-15)3-4-13/h1-2,5H,3-4,6,8H2. The normalized spacial score (nSPS) is 20.0. The SMILES string of the molecule is N#CC1(CN2C(=O)Cc3cc(Br)ccc32)CC1. The van der Waals surface area contributed by atoms with Crippen molar-refractivity contribution in [1.82, 2.24) is 0 Å². The Hall–Kier alpha value is -1.34. The molecule has 2 aliphatic rings. The average Bonchev–Trinajstić information content (AvgIpc) is 3.01. The lowest BCUT2D eigenvalue weighted by molar-refractivity contribution is -0.117. The van der Waals surface area contributed by atoms with E-state index in [2.05, 4.69) is 22.0 Å². The molecular formula is C13H11BrN2O. The number of anilines is 1. The summed E-state index contributed by atoms with van der Waals surface area (Å²) in [5.41, 5.74) is 1.75. The fourth-order valence-electron chi connectivity index (χ4n) is 2.28. The minimum Gasteiger partial charge on any atom is -0.310 e. The zero-order valence-corrected chi connectivity index (χ0v) is 10.8. The maximum absolute atomic E-state index is 12.0. The summed E-state index contributed by atoms with van der Waals surface area (Å²) in [6.45, 7) is 0.553. The third-order valence-corrected chi connectivity index (χ3v) is 4.02. The van der Waals surface area contributed by atoms with Gasteiger partial charge in [0.2, 0.25) is 5.91 Å². The van der Waals surface area contributed by atoms with E-state index < -0.39 is 0 Å². The van der Waals surface area contributed by atoms with Gasteiger partial charge in [-0.2, -0.15) is 5.26 Å². The minimum atomic E-state index is -0.273. The van der Waals surface area contributed by atoms with Gasteiger partial charge in [0.15, 0.2) is 0 Å². The van der Waals surface area contributed by atoms with Gasteiger partial charge < -0.3 is 4.90 Å². The Bertz CT molecular complexity index is 543. The van der Waals surface area contributed by atoms with Crippen molar-refractivity contribution in [3.8, 4) is 6.07 Å². The molecule has 0 radical (unpaired) electrons. The maximum atomic E-state index is 12.0. The minimum absolute atomic E-state index is 0.111. The van der Waals surface area contributed by atoms with Crippen molar-refractivity contribution in [2.45, 2.75) is 19.3 Å². The molecule has 0 aromatic heterocycles. The summed E-state index contributed by atoms with van der Waals surface area (Å²) >= 11 is 3.41. The predicted molar refractivity (Wildman–Crippen MR) is 67.5 cm³/mol. The van der Waals surface area contributed by atoms with Crippen molar-refractivity contribution in [3.63, 3.8) is 0 Å². The highest BCUT2D eigenvalue weighted by atomic mass is 79.9. The van der Waals surface area contributed by atoms with Crippen LogP contribution in [0.5, 0.6) is 0 Å². The van der Waals surface area contributed by atoms with Crippen LogP contribution in [0, 0.1) is 16.7 Å². The van der Waals surface area contributed by atoms with E-state index in [1.54, 1.807) is 4.90 Å². The molecule has 0 bridgehead atoms. The highest BCUT2D eigenvalue weighted by Crippen LogP contribution is 2.47. The van der Waals surface area contributed by atoms with Gasteiger partial charge in [-0.25, -0.2) is 0 Å². The third kappa shape index (κ3) is 1.75. The summed E-state index contributed by atoms with van der Waals surface area (Å²) in [6, 6.07) is 8.22. The van der Waals surface area contributed by atoms with Crippen LogP contribution >= 0.6 is 15.9 Å². The lowest BCUT2D eigenvalue weighted by atomic mass is 10.1. The van der Waals surface area contributed by atoms with Crippen LogP contribution in [0.25, 0.3) is 0 Å². The van der Waals surface area contributed by atoms with Crippen LogP contribution < -0.4 is 4.90 Å². The molecule has 1 fully saturated rings. The number of fused-ring (bicyclic) bond motifs is 1. The van der Waals surface area contributed by atoms with Gasteiger partial charge in [0.1, 0.15) is 0 Å². The lowest BCUT2D eigenvalue weighted by Gasteiger charge is -2.20. The number of halogens is 1. The molecule has 1 aromatic rings. The van der Waals surface area contributed by atoms with Gasteiger partial charge in [-0.1, -0.05) is 15.9 Å². The van der Waals surface area contributed by atoms with Crippen molar-refractivity contribution in [2.24, 2.45) is 5.41 Å². The summed E-state index contributed by atoms with van der Waals surface area (Å²) in [4.78, 5) is 13.7. The molecular weight excluding hydrogens is 280 g/mol. The summed E-state index contributed by atoms with van der Waals surface area (Å²) in [5.74, 6) is 0.111. The van der Waals surface area contributed by atoms with E-state index in [1.165, 1.54) is 0 Å². The number of carbonyl (C=O) groups is 1. The molecule has 1 heterocycles. The van der Waals surface area contributed by atoms with Crippen LogP contribution in [0.4, 0.5) is 5.69 Å². The zero-order chi connectivity index (χ0) is 12.0. The molecule has 1 aliphatic carbocycles. The van der Waals surface area contributed by atoms with Crippen LogP contribution in [0.15, 0.2) is 22.7 Å². The molecule has 3 rings (SSSR count). The number of rotatable bonds is 2. The Morgan fingerprint density at radius 1 is 1.47 bits per heavy atom. The van der Waals surface area contributed by atoms with Gasteiger partial charge in [-0.15, -0.1) is 0 Å². The lowest BCUT2D eigenvalue weighted by Crippen LogP contribution is -2.32. The average molecular weight is 291 g/mol. The van der Waals surface area contributed by atoms with E-state index in [9.17, 15) is 4.79 Å². The van der Waals surface area contributed by atoms with Crippen LogP contribution in [0.2, 0.25) is 0 Å². The van der Waals surface area contributed by atoms with E-state index in [1.807, 2.05) is 18.2 Å². The first-order valence-corrected chi connectivity index (χ1v) is 6.43. The highest BCUT2D eigenvalue weighted by Gasteiger charge is 2.46. The highest BCUT2D eigenvalue weighted by molar-refractivity contribution is 9.10. The first kappa shape index (κ1) is 10.8. The number of hydrogen-bond donors (Lipinski definition) is 0. The molecule has 17 heavy (non-hydrogen) atoms. The Kier molecular flexibility index (Phi) is 2.27. The molecule has 0 atom stereocenters. The van der Waals surface area contributed by atoms with Crippen molar-refractivity contribution in [3.05, 3.63) is 28.2 Å². The van der Waals surface area contributed by atoms with Gasteiger partial charge >= 0.3 is 0 Å². The Morgan fingerprint density at radius 2 is 2.24 bits per heavy atom. The van der Waals surface area contributed by atoms with Crippen LogP contribution in [-0.4, -0.2) is 12.5 Å². The van der Waals surface area contributed by atoms with E-state index in [4.69, 9.17) is 5.26 Å². The van der Waals surface area contributed by atoms with Crippen molar-refractivity contribution < 1.29 is 4.79 Å². The Morgan fingerprint density at radius 3 is 2.88 bits per heavy atom. The van der Waals surface area contributed by atoms with Crippen molar-refractivity contribution in [2.75, 3.05) is 11.4 Å². The fourth-order valence-corrected chi connectivity index (χ4v) is 2.69. The quantitative estimate of drug-likeness (QED) is 0.840. The molecule has 86 valence electrons. The monoisotopic (exact) mass is 290 g/mol. The van der Waals surface area contributed by atoms with Crippen LogP contribution in [0.1, 0.15) is 18.4 Å². The molecule has 1 saturated carbocycles. The summed E-state index contributed by atoms with van der Waals surface area (Å²) in [5, 5.41) is 9.10. The summed E-state index contributed by atoms with van der Waals surface area (Å²) in [6.07, 6.45) is 2.29. The fraction of sp³-hybridized carbons (Fsp3) is 0.385. The molecule has 0 N–H and O–H groups in total. The number of nitrogens with zero attached hydrogens (tertiary/aromatic N) is 2. The van der Waals surface area contributed by atoms with Gasteiger partial charge in [0, 0.05) is 16.7 Å². The van der Waals surface area contributed by atoms with E-state index in [-0.39, 0.29) is 11.3 Å². The molecule has 0 saturated heterocycles. The second-order valence-electron chi connectivity index (χ2n) is 4.82. The summed E-state index contributed by atoms with van der Waals surface area (Å²) in [7, 11) is 0. The molecule has 1 aliphatic heterocycles. The van der Waals surface area contributed by atoms with E-state index in [0.717, 1.165) is 28.6 Å². The Balaban J connectivity index is 1.92. The van der Waals surface area contributed by atoms with Gasteiger partial charge in [0.05, 0.1) is 17.9 Å². The number of hydrogen-bond acceptors (Lipinski definition) is 2. The number of benzene rings is 1. The third-order valence-electron chi connectivity index (χ3n) is 3.53. The largest absolute Gasteiger partial charge is 0.310 e. The van der Waals surface area contributed by atoms with Gasteiger partial charge in [-0.3, -0.25) is 4.79 Å². The molecule has 3 nitrogen and oxygen atoms in total. The van der Waals surface area contributed by atoms with Crippen LogP contribution in [-0.2, 0) is 11.2 Å². The first-order chi connectivity index (χ1) is 8.13. The number of carbonyl (C=O) groups excluding carboxylic acids is 1. The number of nitriles is 1. The molecule has 0 spiro atoms. The zero-order valence-electron chi connectivity index (χ0n) is 9.24. The second-order valence-corrected chi connectivity index (χ2v) is 5.74. The second kappa shape index (κ2) is 3.58. The van der Waals surface area contributed by atoms with E-state index in [0.29, 0.717) is 13.0 Å². The van der Waals surface area contributed by atoms with E-state index >= 15 is 0 Å².